The molecule has 5 heteroatoms. The minimum Gasteiger partial charge on any atom is -0.382 e. The Morgan fingerprint density at radius 3 is 2.86 bits per heavy atom. The van der Waals surface area contributed by atoms with Gasteiger partial charge in [0.1, 0.15) is 0 Å². The van der Waals surface area contributed by atoms with Crippen molar-refractivity contribution in [2.75, 3.05) is 32.2 Å². The van der Waals surface area contributed by atoms with E-state index in [-0.39, 0.29) is 6.03 Å². The van der Waals surface area contributed by atoms with Gasteiger partial charge in [0.25, 0.3) is 0 Å². The van der Waals surface area contributed by atoms with Gasteiger partial charge in [-0.25, -0.2) is 4.79 Å². The van der Waals surface area contributed by atoms with Gasteiger partial charge in [0, 0.05) is 19.3 Å². The zero-order valence-corrected chi connectivity index (χ0v) is 13.0. The van der Waals surface area contributed by atoms with E-state index in [9.17, 15) is 4.79 Å². The van der Waals surface area contributed by atoms with Crippen molar-refractivity contribution in [2.24, 2.45) is 0 Å². The molecule has 0 aromatic heterocycles. The highest BCUT2D eigenvalue weighted by Gasteiger charge is 2.02. The number of unbranched alkanes of at least 4 members (excludes halogenated alkanes) is 2. The van der Waals surface area contributed by atoms with Gasteiger partial charge in [0.05, 0.1) is 19.8 Å². The lowest BCUT2D eigenvalue weighted by Crippen LogP contribution is -2.29. The largest absolute Gasteiger partial charge is 0.382 e. The first-order valence-electron chi connectivity index (χ1n) is 7.46. The topological polar surface area (TPSA) is 59.6 Å². The average molecular weight is 294 g/mol. The Morgan fingerprint density at radius 2 is 2.10 bits per heavy atom. The van der Waals surface area contributed by atoms with E-state index < -0.39 is 0 Å². The molecule has 0 saturated carbocycles. The second-order valence-electron chi connectivity index (χ2n) is 4.83. The highest BCUT2D eigenvalue weighted by atomic mass is 16.5. The molecule has 118 valence electrons. The molecule has 0 aliphatic rings. The Labute approximate surface area is 127 Å². The van der Waals surface area contributed by atoms with Gasteiger partial charge >= 0.3 is 6.03 Å². The number of carbonyl (C=O) groups excluding carboxylic acids is 1. The summed E-state index contributed by atoms with van der Waals surface area (Å²) in [4.78, 5) is 11.7. The second-order valence-corrected chi connectivity index (χ2v) is 4.83. The standard InChI is InChI=1S/C16H26N2O3/c1-3-4-5-9-17-16(19)18-15-8-6-7-14(12-15)13-21-11-10-20-2/h6-8,12H,3-5,9-11,13H2,1-2H3,(H2,17,18,19). The van der Waals surface area contributed by atoms with E-state index in [0.29, 0.717) is 26.4 Å². The van der Waals surface area contributed by atoms with Gasteiger partial charge in [0.2, 0.25) is 0 Å². The molecule has 0 saturated heterocycles. The number of urea groups is 1. The fourth-order valence-corrected chi connectivity index (χ4v) is 1.82. The average Bonchev–Trinajstić information content (AvgIpc) is 2.49. The van der Waals surface area contributed by atoms with Gasteiger partial charge in [-0.15, -0.1) is 0 Å². The van der Waals surface area contributed by atoms with Crippen LogP contribution in [0.3, 0.4) is 0 Å². The van der Waals surface area contributed by atoms with Crippen molar-refractivity contribution in [1.29, 1.82) is 0 Å². The Balaban J connectivity index is 2.32. The normalized spacial score (nSPS) is 10.4. The number of anilines is 1. The minimum atomic E-state index is -0.163. The summed E-state index contributed by atoms with van der Waals surface area (Å²) >= 11 is 0. The summed E-state index contributed by atoms with van der Waals surface area (Å²) in [5.41, 5.74) is 1.80. The summed E-state index contributed by atoms with van der Waals surface area (Å²) in [6, 6.07) is 7.49. The fourth-order valence-electron chi connectivity index (χ4n) is 1.82. The number of carbonyl (C=O) groups is 1. The fraction of sp³-hybridized carbons (Fsp3) is 0.562. The third-order valence-electron chi connectivity index (χ3n) is 2.95. The van der Waals surface area contributed by atoms with Crippen LogP contribution < -0.4 is 10.6 Å². The van der Waals surface area contributed by atoms with E-state index in [0.717, 1.165) is 30.5 Å². The maximum Gasteiger partial charge on any atom is 0.319 e. The van der Waals surface area contributed by atoms with Crippen molar-refractivity contribution in [3.8, 4) is 0 Å². The first-order chi connectivity index (χ1) is 10.3. The van der Waals surface area contributed by atoms with Gasteiger partial charge < -0.3 is 20.1 Å². The van der Waals surface area contributed by atoms with Gasteiger partial charge in [-0.05, 0) is 24.1 Å². The molecule has 0 unspecified atom stereocenters. The molecule has 0 aliphatic carbocycles. The zero-order chi connectivity index (χ0) is 15.3. The van der Waals surface area contributed by atoms with Crippen molar-refractivity contribution in [3.63, 3.8) is 0 Å². The summed E-state index contributed by atoms with van der Waals surface area (Å²) in [5.74, 6) is 0. The maximum atomic E-state index is 11.7. The van der Waals surface area contributed by atoms with E-state index >= 15 is 0 Å². The van der Waals surface area contributed by atoms with Crippen LogP contribution in [0.4, 0.5) is 10.5 Å². The van der Waals surface area contributed by atoms with Crippen LogP contribution in [-0.4, -0.2) is 32.9 Å². The smallest absolute Gasteiger partial charge is 0.319 e. The Bertz CT molecular complexity index is 410. The summed E-state index contributed by atoms with van der Waals surface area (Å²) in [6.07, 6.45) is 3.29. The maximum absolute atomic E-state index is 11.7. The van der Waals surface area contributed by atoms with E-state index in [4.69, 9.17) is 9.47 Å². The Hall–Kier alpha value is -1.59. The molecular weight excluding hydrogens is 268 g/mol. The first-order valence-corrected chi connectivity index (χ1v) is 7.46. The van der Waals surface area contributed by atoms with E-state index in [1.165, 1.54) is 0 Å². The predicted octanol–water partition coefficient (Wildman–Crippen LogP) is 3.16. The van der Waals surface area contributed by atoms with Crippen LogP contribution in [0, 0.1) is 0 Å². The quantitative estimate of drug-likeness (QED) is 0.652. The molecule has 0 radical (unpaired) electrons. The lowest BCUT2D eigenvalue weighted by Gasteiger charge is -2.09. The van der Waals surface area contributed by atoms with Crippen LogP contribution in [-0.2, 0) is 16.1 Å². The number of rotatable bonds is 10. The van der Waals surface area contributed by atoms with Crippen molar-refractivity contribution < 1.29 is 14.3 Å². The number of hydrogen-bond donors (Lipinski definition) is 2. The molecule has 21 heavy (non-hydrogen) atoms. The molecular formula is C16H26N2O3. The van der Waals surface area contributed by atoms with E-state index in [1.807, 2.05) is 24.3 Å². The molecule has 0 heterocycles. The van der Waals surface area contributed by atoms with Crippen LogP contribution in [0.1, 0.15) is 31.7 Å². The lowest BCUT2D eigenvalue weighted by atomic mass is 10.2. The second kappa shape index (κ2) is 11.1. The number of ether oxygens (including phenoxy) is 2. The van der Waals surface area contributed by atoms with Gasteiger partial charge in [0.15, 0.2) is 0 Å². The molecule has 0 aliphatic heterocycles. The molecule has 0 spiro atoms. The number of nitrogens with one attached hydrogen (secondary N) is 2. The van der Waals surface area contributed by atoms with E-state index in [1.54, 1.807) is 7.11 Å². The molecule has 1 rings (SSSR count). The van der Waals surface area contributed by atoms with Crippen LogP contribution in [0.25, 0.3) is 0 Å². The van der Waals surface area contributed by atoms with Gasteiger partial charge in [-0.2, -0.15) is 0 Å². The SMILES string of the molecule is CCCCCNC(=O)Nc1cccc(COCCOC)c1. The van der Waals surface area contributed by atoms with Crippen LogP contribution >= 0.6 is 0 Å². The molecule has 0 bridgehead atoms. The predicted molar refractivity (Wildman–Crippen MR) is 84.5 cm³/mol. The van der Waals surface area contributed by atoms with Crippen molar-refractivity contribution >= 4 is 11.7 Å². The molecule has 0 fully saturated rings. The molecule has 2 amide bonds. The number of methoxy groups -OCH3 is 1. The van der Waals surface area contributed by atoms with Gasteiger partial charge in [-0.3, -0.25) is 0 Å². The summed E-state index contributed by atoms with van der Waals surface area (Å²) in [6.45, 7) is 4.50. The molecule has 1 aromatic rings. The van der Waals surface area contributed by atoms with Crippen molar-refractivity contribution in [2.45, 2.75) is 32.8 Å². The van der Waals surface area contributed by atoms with Crippen molar-refractivity contribution in [1.82, 2.24) is 5.32 Å². The van der Waals surface area contributed by atoms with Crippen LogP contribution in [0.5, 0.6) is 0 Å². The number of hydrogen-bond acceptors (Lipinski definition) is 3. The first kappa shape index (κ1) is 17.5. The van der Waals surface area contributed by atoms with Crippen LogP contribution in [0.15, 0.2) is 24.3 Å². The summed E-state index contributed by atoms with van der Waals surface area (Å²) in [7, 11) is 1.65. The monoisotopic (exact) mass is 294 g/mol. The highest BCUT2D eigenvalue weighted by Crippen LogP contribution is 2.11. The highest BCUT2D eigenvalue weighted by molar-refractivity contribution is 5.89. The lowest BCUT2D eigenvalue weighted by molar-refractivity contribution is 0.0617. The Morgan fingerprint density at radius 1 is 1.24 bits per heavy atom. The molecule has 1 aromatic carbocycles. The summed E-state index contributed by atoms with van der Waals surface area (Å²) in [5, 5.41) is 5.68. The minimum absolute atomic E-state index is 0.163. The van der Waals surface area contributed by atoms with Crippen molar-refractivity contribution in [3.05, 3.63) is 29.8 Å². The number of benzene rings is 1. The summed E-state index contributed by atoms with van der Waals surface area (Å²) < 4.78 is 10.4. The third kappa shape index (κ3) is 8.32. The van der Waals surface area contributed by atoms with Crippen LogP contribution in [0.2, 0.25) is 0 Å². The van der Waals surface area contributed by atoms with E-state index in [2.05, 4.69) is 17.6 Å². The number of amides is 2. The Kier molecular flexibility index (Phi) is 9.24. The zero-order valence-electron chi connectivity index (χ0n) is 13.0. The molecule has 0 atom stereocenters. The van der Waals surface area contributed by atoms with Gasteiger partial charge in [-0.1, -0.05) is 31.9 Å². The molecule has 5 nitrogen and oxygen atoms in total. The third-order valence-corrected chi connectivity index (χ3v) is 2.95. The molecule has 2 N–H and O–H groups in total.